The van der Waals surface area contributed by atoms with Crippen LogP contribution in [0.5, 0.6) is 5.75 Å². The molecule has 3 N–H and O–H groups in total. The third-order valence-corrected chi connectivity index (χ3v) is 2.25. The summed E-state index contributed by atoms with van der Waals surface area (Å²) in [6.07, 6.45) is 1.51. The fourth-order valence-corrected chi connectivity index (χ4v) is 1.31. The second-order valence-electron chi connectivity index (χ2n) is 3.97. The minimum Gasteiger partial charge on any atom is -0.491 e. The molecule has 0 spiro atoms. The van der Waals surface area contributed by atoms with Crippen molar-refractivity contribution < 1.29 is 14.6 Å². The van der Waals surface area contributed by atoms with E-state index in [0.717, 1.165) is 12.8 Å². The number of anilines is 1. The Balaban J connectivity index is 2.17. The van der Waals surface area contributed by atoms with Crippen LogP contribution in [0.15, 0.2) is 24.3 Å². The summed E-state index contributed by atoms with van der Waals surface area (Å²) in [6.45, 7) is 3.31. The van der Waals surface area contributed by atoms with E-state index in [1.807, 2.05) is 6.07 Å². The van der Waals surface area contributed by atoms with Crippen LogP contribution in [0.4, 0.5) is 5.69 Å². The molecule has 0 aliphatic heterocycles. The monoisotopic (exact) mass is 239 g/mol. The number of nitrogens with two attached hydrogens (primary N) is 1. The van der Waals surface area contributed by atoms with E-state index in [0.29, 0.717) is 24.7 Å². The molecule has 4 heteroatoms. The molecule has 0 saturated carbocycles. The van der Waals surface area contributed by atoms with Crippen LogP contribution < -0.4 is 10.5 Å². The van der Waals surface area contributed by atoms with E-state index in [2.05, 4.69) is 6.92 Å². The van der Waals surface area contributed by atoms with Gasteiger partial charge in [0.1, 0.15) is 18.5 Å². The van der Waals surface area contributed by atoms with Crippen molar-refractivity contribution in [2.45, 2.75) is 25.9 Å². The van der Waals surface area contributed by atoms with Gasteiger partial charge < -0.3 is 20.3 Å². The van der Waals surface area contributed by atoms with Crippen LogP contribution >= 0.6 is 0 Å². The number of hydrogen-bond acceptors (Lipinski definition) is 4. The normalized spacial score (nSPS) is 12.4. The van der Waals surface area contributed by atoms with E-state index in [1.54, 1.807) is 18.2 Å². The molecule has 0 aliphatic rings. The van der Waals surface area contributed by atoms with Crippen LogP contribution in [0, 0.1) is 0 Å². The maximum atomic E-state index is 9.60. The lowest BCUT2D eigenvalue weighted by Crippen LogP contribution is -2.23. The molecule has 1 unspecified atom stereocenters. The SMILES string of the molecule is CCCCOCC(O)COc1cccc(N)c1. The number of unbranched alkanes of at least 4 members (excludes halogenated alkanes) is 1. The van der Waals surface area contributed by atoms with E-state index in [1.165, 1.54) is 0 Å². The highest BCUT2D eigenvalue weighted by Crippen LogP contribution is 2.14. The Morgan fingerprint density at radius 2 is 2.18 bits per heavy atom. The molecule has 96 valence electrons. The van der Waals surface area contributed by atoms with Gasteiger partial charge in [0.25, 0.3) is 0 Å². The Morgan fingerprint density at radius 3 is 2.88 bits per heavy atom. The number of aliphatic hydroxyl groups excluding tert-OH is 1. The molecular weight excluding hydrogens is 218 g/mol. The smallest absolute Gasteiger partial charge is 0.121 e. The summed E-state index contributed by atoms with van der Waals surface area (Å²) in [7, 11) is 0. The lowest BCUT2D eigenvalue weighted by atomic mass is 10.3. The van der Waals surface area contributed by atoms with Gasteiger partial charge in [0.2, 0.25) is 0 Å². The Labute approximate surface area is 102 Å². The number of benzene rings is 1. The quantitative estimate of drug-likeness (QED) is 0.536. The van der Waals surface area contributed by atoms with Crippen molar-refractivity contribution in [3.63, 3.8) is 0 Å². The van der Waals surface area contributed by atoms with Gasteiger partial charge in [-0.15, -0.1) is 0 Å². The van der Waals surface area contributed by atoms with Gasteiger partial charge in [0.15, 0.2) is 0 Å². The standard InChI is InChI=1S/C13H21NO3/c1-2-3-7-16-9-12(15)10-17-13-6-4-5-11(14)8-13/h4-6,8,12,15H,2-3,7,9-10,14H2,1H3. The van der Waals surface area contributed by atoms with Crippen molar-refractivity contribution >= 4 is 5.69 Å². The van der Waals surface area contributed by atoms with Gasteiger partial charge in [-0.1, -0.05) is 19.4 Å². The number of nitrogen functional groups attached to an aromatic ring is 1. The van der Waals surface area contributed by atoms with Crippen molar-refractivity contribution in [3.05, 3.63) is 24.3 Å². The molecule has 0 aromatic heterocycles. The molecule has 1 rings (SSSR count). The van der Waals surface area contributed by atoms with Crippen molar-refractivity contribution in [1.29, 1.82) is 0 Å². The Bertz CT molecular complexity index is 317. The number of ether oxygens (including phenoxy) is 2. The second-order valence-corrected chi connectivity index (χ2v) is 3.97. The van der Waals surface area contributed by atoms with Crippen molar-refractivity contribution in [3.8, 4) is 5.75 Å². The largest absolute Gasteiger partial charge is 0.491 e. The Kier molecular flexibility index (Phi) is 6.43. The zero-order valence-electron chi connectivity index (χ0n) is 10.3. The highest BCUT2D eigenvalue weighted by molar-refractivity contribution is 5.43. The number of hydrogen-bond donors (Lipinski definition) is 2. The minimum absolute atomic E-state index is 0.218. The summed E-state index contributed by atoms with van der Waals surface area (Å²) in [4.78, 5) is 0. The van der Waals surface area contributed by atoms with Gasteiger partial charge in [-0.25, -0.2) is 0 Å². The fraction of sp³-hybridized carbons (Fsp3) is 0.538. The van der Waals surface area contributed by atoms with E-state index >= 15 is 0 Å². The zero-order valence-corrected chi connectivity index (χ0v) is 10.3. The summed E-state index contributed by atoms with van der Waals surface area (Å²) in [5.74, 6) is 0.664. The number of aliphatic hydroxyl groups is 1. The molecule has 17 heavy (non-hydrogen) atoms. The molecule has 0 heterocycles. The summed E-state index contributed by atoms with van der Waals surface area (Å²) < 4.78 is 10.7. The first-order valence-corrected chi connectivity index (χ1v) is 5.96. The zero-order chi connectivity index (χ0) is 12.5. The summed E-state index contributed by atoms with van der Waals surface area (Å²) in [6, 6.07) is 7.14. The van der Waals surface area contributed by atoms with Crippen molar-refractivity contribution in [2.75, 3.05) is 25.6 Å². The number of rotatable bonds is 8. The van der Waals surface area contributed by atoms with Gasteiger partial charge >= 0.3 is 0 Å². The first kappa shape index (κ1) is 13.8. The third-order valence-electron chi connectivity index (χ3n) is 2.25. The average molecular weight is 239 g/mol. The molecule has 0 amide bonds. The van der Waals surface area contributed by atoms with Gasteiger partial charge in [-0.3, -0.25) is 0 Å². The molecule has 0 saturated heterocycles. The highest BCUT2D eigenvalue weighted by Gasteiger charge is 2.05. The highest BCUT2D eigenvalue weighted by atomic mass is 16.5. The van der Waals surface area contributed by atoms with E-state index in [9.17, 15) is 5.11 Å². The van der Waals surface area contributed by atoms with Crippen LogP contribution in [-0.4, -0.2) is 31.0 Å². The van der Waals surface area contributed by atoms with Crippen molar-refractivity contribution in [2.24, 2.45) is 0 Å². The van der Waals surface area contributed by atoms with Crippen LogP contribution in [0.1, 0.15) is 19.8 Å². The molecule has 1 atom stereocenters. The maximum absolute atomic E-state index is 9.60. The first-order chi connectivity index (χ1) is 8.22. The summed E-state index contributed by atoms with van der Waals surface area (Å²) in [5, 5.41) is 9.60. The summed E-state index contributed by atoms with van der Waals surface area (Å²) >= 11 is 0. The maximum Gasteiger partial charge on any atom is 0.121 e. The van der Waals surface area contributed by atoms with Gasteiger partial charge in [0, 0.05) is 18.4 Å². The first-order valence-electron chi connectivity index (χ1n) is 5.96. The van der Waals surface area contributed by atoms with Gasteiger partial charge in [-0.05, 0) is 18.6 Å². The van der Waals surface area contributed by atoms with Crippen LogP contribution in [0.2, 0.25) is 0 Å². The van der Waals surface area contributed by atoms with Crippen molar-refractivity contribution in [1.82, 2.24) is 0 Å². The lowest BCUT2D eigenvalue weighted by Gasteiger charge is -2.12. The average Bonchev–Trinajstić information content (AvgIpc) is 2.32. The van der Waals surface area contributed by atoms with Crippen LogP contribution in [-0.2, 0) is 4.74 Å². The minimum atomic E-state index is -0.603. The third kappa shape index (κ3) is 6.14. The lowest BCUT2D eigenvalue weighted by molar-refractivity contribution is 0.0113. The second kappa shape index (κ2) is 7.92. The van der Waals surface area contributed by atoms with E-state index < -0.39 is 6.10 Å². The van der Waals surface area contributed by atoms with Crippen LogP contribution in [0.25, 0.3) is 0 Å². The topological polar surface area (TPSA) is 64.7 Å². The molecule has 1 aromatic carbocycles. The molecule has 0 radical (unpaired) electrons. The molecule has 0 fully saturated rings. The van der Waals surface area contributed by atoms with Crippen LogP contribution in [0.3, 0.4) is 0 Å². The molecule has 0 bridgehead atoms. The molecule has 4 nitrogen and oxygen atoms in total. The fourth-order valence-electron chi connectivity index (χ4n) is 1.31. The Morgan fingerprint density at radius 1 is 1.35 bits per heavy atom. The van der Waals surface area contributed by atoms with Gasteiger partial charge in [0.05, 0.1) is 6.61 Å². The molecular formula is C13H21NO3. The van der Waals surface area contributed by atoms with E-state index in [-0.39, 0.29) is 6.61 Å². The molecule has 0 aliphatic carbocycles. The predicted molar refractivity (Wildman–Crippen MR) is 68.1 cm³/mol. The Hall–Kier alpha value is -1.26. The van der Waals surface area contributed by atoms with Gasteiger partial charge in [-0.2, -0.15) is 0 Å². The predicted octanol–water partition coefficient (Wildman–Crippen LogP) is 1.83. The molecule has 1 aromatic rings. The van der Waals surface area contributed by atoms with E-state index in [4.69, 9.17) is 15.2 Å². The summed E-state index contributed by atoms with van der Waals surface area (Å²) in [5.41, 5.74) is 6.26.